The number of nitrogens with two attached hydrogens (primary N) is 1. The van der Waals surface area contributed by atoms with Crippen molar-refractivity contribution in [2.45, 2.75) is 11.3 Å². The molecule has 0 amide bonds. The molecule has 1 rings (SSSR count). The van der Waals surface area contributed by atoms with Crippen molar-refractivity contribution in [1.82, 2.24) is 4.98 Å². The molecule has 0 saturated heterocycles. The molecule has 0 saturated carbocycles. The van der Waals surface area contributed by atoms with Crippen LogP contribution in [0.25, 0.3) is 0 Å². The maximum absolute atomic E-state index is 12.3. The van der Waals surface area contributed by atoms with Crippen LogP contribution in [0.3, 0.4) is 0 Å². The molecule has 0 aliphatic rings. The minimum Gasteiger partial charge on any atom is -0.397 e. The summed E-state index contributed by atoms with van der Waals surface area (Å²) in [6.45, 7) is 0. The number of aromatic nitrogens is 1. The summed E-state index contributed by atoms with van der Waals surface area (Å²) in [5.41, 5.74) is 3.80. The zero-order chi connectivity index (χ0) is 11.8. The molecule has 0 aromatic carbocycles. The molecule has 0 radical (unpaired) electrons. The Hall–Kier alpha value is -0.660. The van der Waals surface area contributed by atoms with Gasteiger partial charge in [0, 0.05) is 16.9 Å². The van der Waals surface area contributed by atoms with Crippen molar-refractivity contribution in [3.8, 4) is 0 Å². The van der Waals surface area contributed by atoms with Crippen LogP contribution in [0.2, 0.25) is 5.15 Å². The van der Waals surface area contributed by atoms with Gasteiger partial charge >= 0.3 is 0 Å². The van der Waals surface area contributed by atoms with Crippen molar-refractivity contribution in [2.75, 3.05) is 5.73 Å². The van der Waals surface area contributed by atoms with Gasteiger partial charge < -0.3 is 5.73 Å². The van der Waals surface area contributed by atoms with Crippen LogP contribution in [-0.2, 0) is 9.05 Å². The molecule has 0 fully saturated rings. The number of hydrogen-bond donors (Lipinski definition) is 1. The third kappa shape index (κ3) is 2.47. The highest BCUT2D eigenvalue weighted by molar-refractivity contribution is 8.14. The number of anilines is 1. The fraction of sp³-hybridized carbons (Fsp3) is 0.167. The molecule has 0 bridgehead atoms. The van der Waals surface area contributed by atoms with Crippen molar-refractivity contribution in [3.63, 3.8) is 0 Å². The second-order valence-corrected chi connectivity index (χ2v) is 5.35. The van der Waals surface area contributed by atoms with Gasteiger partial charge in [-0.15, -0.1) is 0 Å². The molecule has 9 heteroatoms. The number of pyridine rings is 1. The lowest BCUT2D eigenvalue weighted by Crippen LogP contribution is -2.05. The van der Waals surface area contributed by atoms with Crippen molar-refractivity contribution in [3.05, 3.63) is 16.9 Å². The quantitative estimate of drug-likeness (QED) is 0.664. The summed E-state index contributed by atoms with van der Waals surface area (Å²) in [5.74, 6) is 0. The van der Waals surface area contributed by atoms with Gasteiger partial charge in [0.1, 0.15) is 4.90 Å². The monoisotopic (exact) mass is 276 g/mol. The summed E-state index contributed by atoms with van der Waals surface area (Å²) < 4.78 is 46.6. The minimum atomic E-state index is -4.30. The van der Waals surface area contributed by atoms with E-state index in [0.717, 1.165) is 0 Å². The average Bonchev–Trinajstić information content (AvgIpc) is 2.00. The van der Waals surface area contributed by atoms with E-state index < -0.39 is 36.8 Å². The van der Waals surface area contributed by atoms with E-state index in [4.69, 9.17) is 28.0 Å². The lowest BCUT2D eigenvalue weighted by atomic mass is 10.2. The molecule has 0 unspecified atom stereocenters. The number of nitrogens with zero attached hydrogens (tertiary/aromatic N) is 1. The average molecular weight is 277 g/mol. The third-order valence-electron chi connectivity index (χ3n) is 1.54. The van der Waals surface area contributed by atoms with Gasteiger partial charge in [0.2, 0.25) is 0 Å². The molecule has 0 aliphatic carbocycles. The number of alkyl halides is 2. The van der Waals surface area contributed by atoms with Crippen LogP contribution in [-0.4, -0.2) is 13.4 Å². The first-order valence-electron chi connectivity index (χ1n) is 3.42. The first-order valence-corrected chi connectivity index (χ1v) is 6.10. The van der Waals surface area contributed by atoms with Gasteiger partial charge in [0.25, 0.3) is 15.5 Å². The Morgan fingerprint density at radius 2 is 2.00 bits per heavy atom. The van der Waals surface area contributed by atoms with Crippen LogP contribution < -0.4 is 5.73 Å². The fourth-order valence-corrected chi connectivity index (χ4v) is 2.58. The summed E-state index contributed by atoms with van der Waals surface area (Å²) in [6.07, 6.45) is -2.25. The van der Waals surface area contributed by atoms with E-state index in [2.05, 4.69) is 4.98 Å². The van der Waals surface area contributed by atoms with Crippen LogP contribution in [0.4, 0.5) is 14.5 Å². The molecular formula is C6H4Cl2F2N2O2S. The van der Waals surface area contributed by atoms with Crippen LogP contribution in [0, 0.1) is 0 Å². The van der Waals surface area contributed by atoms with E-state index >= 15 is 0 Å². The lowest BCUT2D eigenvalue weighted by molar-refractivity contribution is 0.151. The summed E-state index contributed by atoms with van der Waals surface area (Å²) in [6, 6.07) is 0. The largest absolute Gasteiger partial charge is 0.397 e. The molecule has 0 aliphatic heterocycles. The van der Waals surface area contributed by atoms with Crippen molar-refractivity contribution >= 4 is 37.0 Å². The highest BCUT2D eigenvalue weighted by Crippen LogP contribution is 2.34. The summed E-state index contributed by atoms with van der Waals surface area (Å²) in [5, 5.41) is -0.535. The van der Waals surface area contributed by atoms with E-state index in [9.17, 15) is 17.2 Å². The first-order chi connectivity index (χ1) is 6.75. The van der Waals surface area contributed by atoms with E-state index in [1.54, 1.807) is 0 Å². The second kappa shape index (κ2) is 4.07. The van der Waals surface area contributed by atoms with Crippen LogP contribution in [0.1, 0.15) is 12.0 Å². The Bertz CT molecular complexity index is 492. The minimum absolute atomic E-state index is 0.535. The van der Waals surface area contributed by atoms with Gasteiger partial charge in [-0.1, -0.05) is 11.6 Å². The number of rotatable bonds is 2. The van der Waals surface area contributed by atoms with Crippen molar-refractivity contribution < 1.29 is 17.2 Å². The molecule has 4 nitrogen and oxygen atoms in total. The van der Waals surface area contributed by atoms with E-state index in [1.165, 1.54) is 0 Å². The smallest absolute Gasteiger partial charge is 0.267 e. The van der Waals surface area contributed by atoms with Crippen LogP contribution in [0.15, 0.2) is 11.1 Å². The normalized spacial score (nSPS) is 12.1. The number of nitrogen functional groups attached to an aromatic ring is 1. The van der Waals surface area contributed by atoms with Crippen molar-refractivity contribution in [2.24, 2.45) is 0 Å². The molecule has 0 atom stereocenters. The fourth-order valence-electron chi connectivity index (χ4n) is 0.902. The van der Waals surface area contributed by atoms with Gasteiger partial charge in [0.15, 0.2) is 5.15 Å². The van der Waals surface area contributed by atoms with Crippen LogP contribution in [0.5, 0.6) is 0 Å². The molecule has 1 aromatic heterocycles. The molecular weight excluding hydrogens is 273 g/mol. The summed E-state index contributed by atoms with van der Waals surface area (Å²) in [4.78, 5) is 2.48. The zero-order valence-corrected chi connectivity index (χ0v) is 9.24. The van der Waals surface area contributed by atoms with Crippen molar-refractivity contribution in [1.29, 1.82) is 0 Å². The topological polar surface area (TPSA) is 73.0 Å². The molecule has 0 spiro atoms. The first kappa shape index (κ1) is 12.4. The third-order valence-corrected chi connectivity index (χ3v) is 3.30. The highest BCUT2D eigenvalue weighted by Gasteiger charge is 2.25. The molecule has 84 valence electrons. The Balaban J connectivity index is 3.59. The van der Waals surface area contributed by atoms with Gasteiger partial charge in [-0.05, 0) is 0 Å². The maximum atomic E-state index is 12.3. The van der Waals surface area contributed by atoms with Gasteiger partial charge in [-0.2, -0.15) is 0 Å². The van der Waals surface area contributed by atoms with Crippen LogP contribution >= 0.6 is 22.3 Å². The van der Waals surface area contributed by atoms with Gasteiger partial charge in [-0.25, -0.2) is 22.2 Å². The second-order valence-electron chi connectivity index (χ2n) is 2.49. The predicted molar refractivity (Wildman–Crippen MR) is 51.7 cm³/mol. The maximum Gasteiger partial charge on any atom is 0.267 e. The standard InChI is InChI=1S/C6H4Cl2F2N2O2S/c7-5-4(15(8,13)14)3(11)2(1-12-5)6(9)10/h1,6H,(H2,11,12). The highest BCUT2D eigenvalue weighted by atomic mass is 35.7. The predicted octanol–water partition coefficient (Wildman–Crippen LogP) is 2.18. The lowest BCUT2D eigenvalue weighted by Gasteiger charge is -2.08. The summed E-state index contributed by atoms with van der Waals surface area (Å²) >= 11 is 5.39. The van der Waals surface area contributed by atoms with Gasteiger partial charge in [-0.3, -0.25) is 0 Å². The Kier molecular flexibility index (Phi) is 3.37. The number of hydrogen-bond acceptors (Lipinski definition) is 4. The zero-order valence-electron chi connectivity index (χ0n) is 6.92. The van der Waals surface area contributed by atoms with E-state index in [-0.39, 0.29) is 0 Å². The molecule has 1 heterocycles. The van der Waals surface area contributed by atoms with Gasteiger partial charge in [0.05, 0.1) is 11.3 Å². The molecule has 1 aromatic rings. The Morgan fingerprint density at radius 3 is 2.40 bits per heavy atom. The SMILES string of the molecule is Nc1c(C(F)F)cnc(Cl)c1S(=O)(=O)Cl. The Labute approximate surface area is 93.4 Å². The summed E-state index contributed by atoms with van der Waals surface area (Å²) in [7, 11) is 0.668. The van der Waals surface area contributed by atoms with E-state index in [1.807, 2.05) is 0 Å². The van der Waals surface area contributed by atoms with E-state index in [0.29, 0.717) is 6.20 Å². The Morgan fingerprint density at radius 1 is 1.47 bits per heavy atom. The molecule has 2 N–H and O–H groups in total. The number of halogens is 4. The molecule has 15 heavy (non-hydrogen) atoms.